The standard InChI is InChI=1S/C23H17FN6O3/c1-14-5-2-6-15(11-14)20-26-22(33-28-20)18-9-4-10-29-21(18)27-30(23(29)32)13-19(31)25-17-8-3-7-16(24)12-17/h2-12H,13H2,1H3,(H,25,31). The van der Waals surface area contributed by atoms with E-state index in [1.54, 1.807) is 18.2 Å². The second-order valence-electron chi connectivity index (χ2n) is 7.41. The number of rotatable bonds is 5. The second-order valence-corrected chi connectivity index (χ2v) is 7.41. The molecule has 0 radical (unpaired) electrons. The predicted octanol–water partition coefficient (Wildman–Crippen LogP) is 3.30. The van der Waals surface area contributed by atoms with Crippen LogP contribution in [-0.4, -0.2) is 30.2 Å². The second kappa shape index (κ2) is 8.15. The van der Waals surface area contributed by atoms with Crippen molar-refractivity contribution in [3.63, 3.8) is 0 Å². The van der Waals surface area contributed by atoms with Crippen molar-refractivity contribution in [1.82, 2.24) is 24.3 Å². The Morgan fingerprint density at radius 2 is 1.97 bits per heavy atom. The lowest BCUT2D eigenvalue weighted by atomic mass is 10.1. The molecule has 0 fully saturated rings. The van der Waals surface area contributed by atoms with Crippen LogP contribution in [0.3, 0.4) is 0 Å². The summed E-state index contributed by atoms with van der Waals surface area (Å²) in [5, 5.41) is 10.9. The van der Waals surface area contributed by atoms with Gasteiger partial charge in [-0.3, -0.25) is 4.79 Å². The van der Waals surface area contributed by atoms with E-state index in [9.17, 15) is 14.0 Å². The summed E-state index contributed by atoms with van der Waals surface area (Å²) in [7, 11) is 0. The summed E-state index contributed by atoms with van der Waals surface area (Å²) in [6, 6.07) is 16.5. The van der Waals surface area contributed by atoms with Crippen LogP contribution in [0.5, 0.6) is 0 Å². The van der Waals surface area contributed by atoms with Crippen molar-refractivity contribution in [2.45, 2.75) is 13.5 Å². The van der Waals surface area contributed by atoms with Gasteiger partial charge in [-0.25, -0.2) is 18.3 Å². The van der Waals surface area contributed by atoms with E-state index in [1.165, 1.54) is 28.8 Å². The minimum Gasteiger partial charge on any atom is -0.333 e. The Morgan fingerprint density at radius 1 is 1.12 bits per heavy atom. The quantitative estimate of drug-likeness (QED) is 0.446. The minimum atomic E-state index is -0.521. The smallest absolute Gasteiger partial charge is 0.333 e. The first-order chi connectivity index (χ1) is 16.0. The molecule has 5 rings (SSSR count). The van der Waals surface area contributed by atoms with Crippen LogP contribution in [0, 0.1) is 12.7 Å². The Kier molecular flexibility index (Phi) is 5.02. The van der Waals surface area contributed by atoms with Gasteiger partial charge in [0, 0.05) is 17.4 Å². The molecule has 3 heterocycles. The number of hydrogen-bond donors (Lipinski definition) is 1. The van der Waals surface area contributed by atoms with E-state index in [-0.39, 0.29) is 23.8 Å². The molecule has 0 spiro atoms. The minimum absolute atomic E-state index is 0.193. The number of aryl methyl sites for hydroxylation is 1. The number of carbonyl (C=O) groups excluding carboxylic acids is 1. The summed E-state index contributed by atoms with van der Waals surface area (Å²) in [4.78, 5) is 29.6. The number of fused-ring (bicyclic) bond motifs is 1. The molecule has 0 bridgehead atoms. The summed E-state index contributed by atoms with van der Waals surface area (Å²) in [5.41, 5.74) is 2.34. The van der Waals surface area contributed by atoms with Gasteiger partial charge in [0.1, 0.15) is 12.4 Å². The number of hydrogen-bond acceptors (Lipinski definition) is 6. The molecule has 5 aromatic rings. The van der Waals surface area contributed by atoms with Gasteiger partial charge in [-0.2, -0.15) is 4.98 Å². The van der Waals surface area contributed by atoms with Crippen molar-refractivity contribution < 1.29 is 13.7 Å². The van der Waals surface area contributed by atoms with Gasteiger partial charge in [0.25, 0.3) is 5.89 Å². The van der Waals surface area contributed by atoms with Crippen molar-refractivity contribution in [1.29, 1.82) is 0 Å². The third kappa shape index (κ3) is 4.01. The van der Waals surface area contributed by atoms with Crippen molar-refractivity contribution in [2.24, 2.45) is 0 Å². The molecule has 0 saturated heterocycles. The van der Waals surface area contributed by atoms with E-state index in [4.69, 9.17) is 4.52 Å². The average molecular weight is 444 g/mol. The molecular formula is C23H17FN6O3. The van der Waals surface area contributed by atoms with Crippen molar-refractivity contribution >= 4 is 17.2 Å². The van der Waals surface area contributed by atoms with Crippen LogP contribution in [0.15, 0.2) is 76.2 Å². The van der Waals surface area contributed by atoms with E-state index in [0.29, 0.717) is 11.4 Å². The zero-order valence-corrected chi connectivity index (χ0v) is 17.4. The maximum absolute atomic E-state index is 13.3. The molecule has 0 saturated carbocycles. The van der Waals surface area contributed by atoms with Gasteiger partial charge >= 0.3 is 5.69 Å². The summed E-state index contributed by atoms with van der Waals surface area (Å²) in [6.07, 6.45) is 1.53. The van der Waals surface area contributed by atoms with E-state index >= 15 is 0 Å². The summed E-state index contributed by atoms with van der Waals surface area (Å²) < 4.78 is 21.1. The fraction of sp³-hybridized carbons (Fsp3) is 0.0870. The Morgan fingerprint density at radius 3 is 2.79 bits per heavy atom. The topological polar surface area (TPSA) is 107 Å². The molecule has 0 aliphatic heterocycles. The molecule has 0 aliphatic carbocycles. The number of pyridine rings is 1. The number of nitrogens with zero attached hydrogens (tertiary/aromatic N) is 5. The van der Waals surface area contributed by atoms with E-state index in [2.05, 4.69) is 20.6 Å². The van der Waals surface area contributed by atoms with Crippen LogP contribution >= 0.6 is 0 Å². The summed E-state index contributed by atoms with van der Waals surface area (Å²) >= 11 is 0. The van der Waals surface area contributed by atoms with Crippen LogP contribution in [-0.2, 0) is 11.3 Å². The Hall–Kier alpha value is -4.60. The van der Waals surface area contributed by atoms with Crippen molar-refractivity contribution in [3.8, 4) is 22.8 Å². The Labute approximate surface area is 186 Å². The SMILES string of the molecule is Cc1cccc(-c2noc(-c3cccn4c(=O)n(CC(=O)Nc5cccc(F)c5)nc34)n2)c1. The molecule has 1 amide bonds. The van der Waals surface area contributed by atoms with Gasteiger partial charge in [-0.05, 0) is 43.3 Å². The van der Waals surface area contributed by atoms with Crippen LogP contribution in [0.4, 0.5) is 10.1 Å². The monoisotopic (exact) mass is 444 g/mol. The molecule has 9 nitrogen and oxygen atoms in total. The number of amides is 1. The van der Waals surface area contributed by atoms with Crippen LogP contribution in [0.2, 0.25) is 0 Å². The first-order valence-corrected chi connectivity index (χ1v) is 10.0. The fourth-order valence-corrected chi connectivity index (χ4v) is 3.45. The highest BCUT2D eigenvalue weighted by Crippen LogP contribution is 2.25. The van der Waals surface area contributed by atoms with Gasteiger partial charge in [0.2, 0.25) is 11.7 Å². The van der Waals surface area contributed by atoms with Gasteiger partial charge in [0.15, 0.2) is 5.65 Å². The third-order valence-electron chi connectivity index (χ3n) is 4.94. The lowest BCUT2D eigenvalue weighted by Crippen LogP contribution is -2.28. The lowest BCUT2D eigenvalue weighted by Gasteiger charge is -2.04. The average Bonchev–Trinajstić information content (AvgIpc) is 3.39. The summed E-state index contributed by atoms with van der Waals surface area (Å²) in [5.74, 6) is -0.399. The van der Waals surface area contributed by atoms with E-state index in [1.807, 2.05) is 31.2 Å². The largest absolute Gasteiger partial charge is 0.350 e. The first kappa shape index (κ1) is 20.3. The zero-order valence-electron chi connectivity index (χ0n) is 17.4. The van der Waals surface area contributed by atoms with Gasteiger partial charge in [-0.1, -0.05) is 35.0 Å². The molecule has 2 aromatic carbocycles. The molecule has 1 N–H and O–H groups in total. The highest BCUT2D eigenvalue weighted by Gasteiger charge is 2.18. The fourth-order valence-electron chi connectivity index (χ4n) is 3.45. The molecule has 33 heavy (non-hydrogen) atoms. The molecular weight excluding hydrogens is 427 g/mol. The number of anilines is 1. The molecule has 0 unspecified atom stereocenters. The number of carbonyl (C=O) groups is 1. The van der Waals surface area contributed by atoms with Crippen LogP contribution in [0.1, 0.15) is 5.56 Å². The van der Waals surface area contributed by atoms with Crippen LogP contribution < -0.4 is 11.0 Å². The predicted molar refractivity (Wildman–Crippen MR) is 118 cm³/mol. The molecule has 164 valence electrons. The van der Waals surface area contributed by atoms with Crippen molar-refractivity contribution in [2.75, 3.05) is 5.32 Å². The number of nitrogens with one attached hydrogen (secondary N) is 1. The van der Waals surface area contributed by atoms with Gasteiger partial charge in [-0.15, -0.1) is 5.10 Å². The lowest BCUT2D eigenvalue weighted by molar-refractivity contribution is -0.117. The molecule has 3 aromatic heterocycles. The highest BCUT2D eigenvalue weighted by molar-refractivity contribution is 5.90. The normalized spacial score (nSPS) is 11.1. The molecule has 0 aliphatic rings. The Bertz CT molecular complexity index is 1550. The van der Waals surface area contributed by atoms with Crippen molar-refractivity contribution in [3.05, 3.63) is 88.7 Å². The number of halogens is 1. The Balaban J connectivity index is 1.46. The first-order valence-electron chi connectivity index (χ1n) is 10.0. The van der Waals surface area contributed by atoms with E-state index < -0.39 is 17.4 Å². The van der Waals surface area contributed by atoms with E-state index in [0.717, 1.165) is 15.8 Å². The number of benzene rings is 2. The molecule has 10 heteroatoms. The summed E-state index contributed by atoms with van der Waals surface area (Å²) in [6.45, 7) is 1.61. The molecule has 0 atom stereocenters. The van der Waals surface area contributed by atoms with Crippen LogP contribution in [0.25, 0.3) is 28.5 Å². The maximum Gasteiger partial charge on any atom is 0.350 e. The maximum atomic E-state index is 13.3. The highest BCUT2D eigenvalue weighted by atomic mass is 19.1. The number of aromatic nitrogens is 5. The zero-order chi connectivity index (χ0) is 22.9. The van der Waals surface area contributed by atoms with Gasteiger partial charge < -0.3 is 9.84 Å². The third-order valence-corrected chi connectivity index (χ3v) is 4.94. The van der Waals surface area contributed by atoms with Gasteiger partial charge in [0.05, 0.1) is 5.56 Å².